The van der Waals surface area contributed by atoms with Crippen molar-refractivity contribution in [1.82, 2.24) is 4.72 Å². The maximum atomic E-state index is 12.0. The van der Waals surface area contributed by atoms with Crippen molar-refractivity contribution < 1.29 is 17.9 Å². The predicted molar refractivity (Wildman–Crippen MR) is 76.1 cm³/mol. The number of nitrogens with one attached hydrogen (secondary N) is 1. The number of thiophene rings is 1. The highest BCUT2D eigenvalue weighted by Crippen LogP contribution is 2.34. The highest BCUT2D eigenvalue weighted by atomic mass is 79.9. The molecule has 0 saturated heterocycles. The van der Waals surface area contributed by atoms with Crippen LogP contribution < -0.4 is 4.72 Å². The number of rotatable bonds is 5. The van der Waals surface area contributed by atoms with E-state index in [4.69, 9.17) is 4.74 Å². The number of ether oxygens (including phenoxy) is 1. The molecular weight excluding hydrogens is 410 g/mol. The van der Waals surface area contributed by atoms with Crippen LogP contribution in [0.4, 0.5) is 0 Å². The summed E-state index contributed by atoms with van der Waals surface area (Å²) in [4.78, 5) is 11.5. The molecule has 1 unspecified atom stereocenters. The summed E-state index contributed by atoms with van der Waals surface area (Å²) in [6.07, 6.45) is 0. The van der Waals surface area contributed by atoms with E-state index in [2.05, 4.69) is 36.6 Å². The lowest BCUT2D eigenvalue weighted by molar-refractivity contribution is -0.144. The smallest absolute Gasteiger partial charge is 0.323 e. The third-order valence-electron chi connectivity index (χ3n) is 1.89. The minimum atomic E-state index is -3.75. The van der Waals surface area contributed by atoms with Crippen molar-refractivity contribution in [3.8, 4) is 0 Å². The molecule has 1 aromatic heterocycles. The number of esters is 1. The van der Waals surface area contributed by atoms with Gasteiger partial charge in [-0.15, -0.1) is 11.3 Å². The Bertz CT molecular complexity index is 541. The number of sulfonamides is 1. The van der Waals surface area contributed by atoms with Crippen LogP contribution in [0.15, 0.2) is 18.5 Å². The van der Waals surface area contributed by atoms with Gasteiger partial charge in [-0.25, -0.2) is 8.42 Å². The molecule has 18 heavy (non-hydrogen) atoms. The average Bonchev–Trinajstić information content (AvgIpc) is 2.58. The van der Waals surface area contributed by atoms with E-state index in [1.165, 1.54) is 24.3 Å². The summed E-state index contributed by atoms with van der Waals surface area (Å²) in [6.45, 7) is 3.30. The van der Waals surface area contributed by atoms with Gasteiger partial charge in [0.25, 0.3) is 0 Å². The first-order valence-electron chi connectivity index (χ1n) is 4.91. The fraction of sp³-hybridized carbons (Fsp3) is 0.444. The molecule has 1 heterocycles. The molecule has 0 amide bonds. The molecule has 1 rings (SSSR count). The van der Waals surface area contributed by atoms with E-state index in [0.717, 1.165) is 0 Å². The third kappa shape index (κ3) is 4.02. The lowest BCUT2D eigenvalue weighted by atomic mass is 10.4. The van der Waals surface area contributed by atoms with Crippen LogP contribution in [-0.4, -0.2) is 27.0 Å². The SMILES string of the molecule is CCOC(=O)C(C)NS(=O)(=O)c1cc(Br)sc1Br. The van der Waals surface area contributed by atoms with Crippen LogP contribution in [-0.2, 0) is 19.6 Å². The van der Waals surface area contributed by atoms with E-state index in [1.807, 2.05) is 0 Å². The summed E-state index contributed by atoms with van der Waals surface area (Å²) in [5.74, 6) is -0.605. The van der Waals surface area contributed by atoms with Crippen LogP contribution in [0.1, 0.15) is 13.8 Å². The van der Waals surface area contributed by atoms with Gasteiger partial charge in [-0.3, -0.25) is 4.79 Å². The van der Waals surface area contributed by atoms with E-state index in [9.17, 15) is 13.2 Å². The van der Waals surface area contributed by atoms with Crippen LogP contribution in [0, 0.1) is 0 Å². The molecule has 1 N–H and O–H groups in total. The fourth-order valence-corrected chi connectivity index (χ4v) is 6.12. The van der Waals surface area contributed by atoms with Crippen molar-refractivity contribution in [2.45, 2.75) is 24.8 Å². The first-order valence-corrected chi connectivity index (χ1v) is 8.80. The van der Waals surface area contributed by atoms with Gasteiger partial charge in [0.1, 0.15) is 10.9 Å². The summed E-state index contributed by atoms with van der Waals surface area (Å²) in [5.41, 5.74) is 0. The third-order valence-corrected chi connectivity index (χ3v) is 6.18. The molecule has 0 bridgehead atoms. The van der Waals surface area contributed by atoms with E-state index >= 15 is 0 Å². The monoisotopic (exact) mass is 419 g/mol. The highest BCUT2D eigenvalue weighted by molar-refractivity contribution is 9.12. The van der Waals surface area contributed by atoms with Crippen LogP contribution in [0.2, 0.25) is 0 Å². The Kier molecular flexibility index (Phi) is 5.78. The van der Waals surface area contributed by atoms with Crippen molar-refractivity contribution >= 4 is 59.2 Å². The van der Waals surface area contributed by atoms with Gasteiger partial charge in [-0.1, -0.05) is 0 Å². The Morgan fingerprint density at radius 2 is 2.17 bits per heavy atom. The maximum Gasteiger partial charge on any atom is 0.323 e. The van der Waals surface area contributed by atoms with Gasteiger partial charge in [0, 0.05) is 0 Å². The van der Waals surface area contributed by atoms with Gasteiger partial charge in [0.15, 0.2) is 0 Å². The Morgan fingerprint density at radius 3 is 2.61 bits per heavy atom. The molecule has 9 heteroatoms. The standard InChI is InChI=1S/C9H11Br2NO4S2/c1-3-16-9(13)5(2)12-18(14,15)6-4-7(10)17-8(6)11/h4-5,12H,3H2,1-2H3. The van der Waals surface area contributed by atoms with Gasteiger partial charge >= 0.3 is 5.97 Å². The maximum absolute atomic E-state index is 12.0. The Morgan fingerprint density at radius 1 is 1.56 bits per heavy atom. The molecule has 0 aliphatic heterocycles. The molecule has 1 atom stereocenters. The summed E-state index contributed by atoms with van der Waals surface area (Å²) >= 11 is 7.60. The molecule has 102 valence electrons. The molecule has 0 radical (unpaired) electrons. The largest absolute Gasteiger partial charge is 0.465 e. The van der Waals surface area contributed by atoms with E-state index in [1.54, 1.807) is 6.92 Å². The summed E-state index contributed by atoms with van der Waals surface area (Å²) in [7, 11) is -3.75. The van der Waals surface area contributed by atoms with Crippen LogP contribution >= 0.6 is 43.2 Å². The van der Waals surface area contributed by atoms with Gasteiger partial charge < -0.3 is 4.74 Å². The van der Waals surface area contributed by atoms with Gasteiger partial charge in [-0.05, 0) is 51.8 Å². The Labute approximate surface area is 126 Å². The molecule has 0 spiro atoms. The Balaban J connectivity index is 2.89. The topological polar surface area (TPSA) is 72.5 Å². The van der Waals surface area contributed by atoms with Crippen LogP contribution in [0.3, 0.4) is 0 Å². The summed E-state index contributed by atoms with van der Waals surface area (Å²) < 4.78 is 32.2. The molecule has 0 fully saturated rings. The summed E-state index contributed by atoms with van der Waals surface area (Å²) in [6, 6.07) is 0.537. The number of carbonyl (C=O) groups excluding carboxylic acids is 1. The second kappa shape index (κ2) is 6.47. The van der Waals surface area contributed by atoms with Gasteiger partial charge in [-0.2, -0.15) is 4.72 Å². The van der Waals surface area contributed by atoms with Crippen molar-refractivity contribution in [2.24, 2.45) is 0 Å². The number of halogens is 2. The van der Waals surface area contributed by atoms with Crippen molar-refractivity contribution in [2.75, 3.05) is 6.61 Å². The van der Waals surface area contributed by atoms with Crippen molar-refractivity contribution in [3.05, 3.63) is 13.6 Å². The highest BCUT2D eigenvalue weighted by Gasteiger charge is 2.26. The second-order valence-electron chi connectivity index (χ2n) is 3.28. The predicted octanol–water partition coefficient (Wildman–Crippen LogP) is 2.50. The van der Waals surface area contributed by atoms with Crippen LogP contribution in [0.25, 0.3) is 0 Å². The zero-order valence-electron chi connectivity index (χ0n) is 9.57. The lowest BCUT2D eigenvalue weighted by Gasteiger charge is -2.12. The number of carbonyl (C=O) groups is 1. The normalized spacial score (nSPS) is 13.3. The minimum absolute atomic E-state index is 0.0931. The minimum Gasteiger partial charge on any atom is -0.465 e. The van der Waals surface area contributed by atoms with Gasteiger partial charge in [0.05, 0.1) is 14.2 Å². The van der Waals surface area contributed by atoms with Crippen molar-refractivity contribution in [3.63, 3.8) is 0 Å². The lowest BCUT2D eigenvalue weighted by Crippen LogP contribution is -2.39. The van der Waals surface area contributed by atoms with E-state index in [0.29, 0.717) is 7.57 Å². The van der Waals surface area contributed by atoms with Crippen molar-refractivity contribution in [1.29, 1.82) is 0 Å². The first-order chi connectivity index (χ1) is 8.27. The molecule has 0 aliphatic rings. The zero-order valence-corrected chi connectivity index (χ0v) is 14.4. The number of hydrogen-bond donors (Lipinski definition) is 1. The molecule has 5 nitrogen and oxygen atoms in total. The quantitative estimate of drug-likeness (QED) is 0.742. The molecule has 0 saturated carbocycles. The molecule has 0 aromatic carbocycles. The molecular formula is C9H11Br2NO4S2. The fourth-order valence-electron chi connectivity index (χ4n) is 1.12. The first kappa shape index (κ1) is 16.1. The second-order valence-corrected chi connectivity index (χ2v) is 8.72. The van der Waals surface area contributed by atoms with E-state index < -0.39 is 22.0 Å². The van der Waals surface area contributed by atoms with Crippen LogP contribution in [0.5, 0.6) is 0 Å². The average molecular weight is 421 g/mol. The number of hydrogen-bond acceptors (Lipinski definition) is 5. The Hall–Kier alpha value is 0.0400. The molecule has 0 aliphatic carbocycles. The van der Waals surface area contributed by atoms with Gasteiger partial charge in [0.2, 0.25) is 10.0 Å². The molecule has 1 aromatic rings. The summed E-state index contributed by atoms with van der Waals surface area (Å²) in [5, 5.41) is 0. The zero-order chi connectivity index (χ0) is 13.9. The van der Waals surface area contributed by atoms with E-state index in [-0.39, 0.29) is 11.5 Å².